The second-order valence-corrected chi connectivity index (χ2v) is 6.75. The molecule has 1 aliphatic carbocycles. The lowest BCUT2D eigenvalue weighted by Gasteiger charge is -2.37. The predicted molar refractivity (Wildman–Crippen MR) is 85.5 cm³/mol. The van der Waals surface area contributed by atoms with Gasteiger partial charge in [0.1, 0.15) is 0 Å². The Morgan fingerprint density at radius 1 is 1.06 bits per heavy atom. The first-order valence-corrected chi connectivity index (χ1v) is 9.13. The molecule has 1 rings (SSSR count). The summed E-state index contributed by atoms with van der Waals surface area (Å²) in [7, 11) is 0. The third-order valence-corrected chi connectivity index (χ3v) is 5.43. The molecule has 0 aromatic rings. The Hall–Kier alpha value is 0.440. The third kappa shape index (κ3) is 5.21. The Kier molecular flexibility index (Phi) is 7.86. The Balaban J connectivity index is 2.58. The molecule has 0 amide bonds. The van der Waals surface area contributed by atoms with E-state index < -0.39 is 0 Å². The first-order chi connectivity index (χ1) is 8.71. The van der Waals surface area contributed by atoms with Gasteiger partial charge in [0.05, 0.1) is 0 Å². The molecule has 0 spiro atoms. The Labute approximate surface area is 123 Å². The van der Waals surface area contributed by atoms with E-state index in [9.17, 15) is 0 Å². The monoisotopic (exact) mass is 317 g/mol. The van der Waals surface area contributed by atoms with E-state index >= 15 is 0 Å². The molecule has 0 unspecified atom stereocenters. The van der Waals surface area contributed by atoms with E-state index in [1.165, 1.54) is 69.8 Å². The zero-order valence-electron chi connectivity index (χ0n) is 12.7. The maximum absolute atomic E-state index is 3.81. The van der Waals surface area contributed by atoms with Gasteiger partial charge >= 0.3 is 0 Å². The molecule has 18 heavy (non-hydrogen) atoms. The Bertz CT molecular complexity index is 207. The van der Waals surface area contributed by atoms with E-state index in [-0.39, 0.29) is 0 Å². The molecule has 1 fully saturated rings. The maximum atomic E-state index is 3.81. The van der Waals surface area contributed by atoms with Crippen LogP contribution in [0.5, 0.6) is 0 Å². The number of alkyl halides is 1. The van der Waals surface area contributed by atoms with E-state index in [4.69, 9.17) is 0 Å². The van der Waals surface area contributed by atoms with Crippen molar-refractivity contribution in [1.29, 1.82) is 0 Å². The summed E-state index contributed by atoms with van der Waals surface area (Å²) in [6.45, 7) is 9.62. The average molecular weight is 318 g/mol. The van der Waals surface area contributed by atoms with Crippen LogP contribution in [0.4, 0.5) is 0 Å². The van der Waals surface area contributed by atoms with Gasteiger partial charge in [-0.05, 0) is 44.1 Å². The number of hydrogen-bond donors (Lipinski definition) is 0. The van der Waals surface area contributed by atoms with Gasteiger partial charge in [-0.2, -0.15) is 0 Å². The van der Waals surface area contributed by atoms with E-state index in [2.05, 4.69) is 41.6 Å². The average Bonchev–Trinajstić information content (AvgIpc) is 3.19. The number of halogens is 1. The highest BCUT2D eigenvalue weighted by atomic mass is 79.9. The van der Waals surface area contributed by atoms with Crippen LogP contribution in [0.25, 0.3) is 0 Å². The SMILES string of the molecule is CCCCN(CC(CBr)(CCC)CCC)C1CC1. The summed E-state index contributed by atoms with van der Waals surface area (Å²) < 4.78 is 0. The fraction of sp³-hybridized carbons (Fsp3) is 1.00. The molecule has 0 N–H and O–H groups in total. The fourth-order valence-corrected chi connectivity index (χ4v) is 3.88. The lowest BCUT2D eigenvalue weighted by Crippen LogP contribution is -2.40. The highest BCUT2D eigenvalue weighted by Crippen LogP contribution is 2.37. The normalized spacial score (nSPS) is 16.5. The van der Waals surface area contributed by atoms with Gasteiger partial charge in [-0.1, -0.05) is 56.0 Å². The van der Waals surface area contributed by atoms with Crippen molar-refractivity contribution in [3.8, 4) is 0 Å². The van der Waals surface area contributed by atoms with Crippen LogP contribution in [0.3, 0.4) is 0 Å². The standard InChI is InChI=1S/C16H32BrN/c1-4-7-12-18(15-8-9-15)14-16(13-17,10-5-2)11-6-3/h15H,4-14H2,1-3H3. The van der Waals surface area contributed by atoms with Gasteiger partial charge in [0.15, 0.2) is 0 Å². The van der Waals surface area contributed by atoms with Crippen molar-refractivity contribution in [2.45, 2.75) is 78.2 Å². The van der Waals surface area contributed by atoms with Crippen molar-refractivity contribution < 1.29 is 0 Å². The number of hydrogen-bond acceptors (Lipinski definition) is 1. The van der Waals surface area contributed by atoms with Crippen molar-refractivity contribution in [2.75, 3.05) is 18.4 Å². The van der Waals surface area contributed by atoms with Crippen LogP contribution in [-0.2, 0) is 0 Å². The van der Waals surface area contributed by atoms with Crippen molar-refractivity contribution in [3.63, 3.8) is 0 Å². The minimum absolute atomic E-state index is 0.528. The van der Waals surface area contributed by atoms with E-state index in [0.29, 0.717) is 5.41 Å². The summed E-state index contributed by atoms with van der Waals surface area (Å²) >= 11 is 3.81. The molecule has 2 heteroatoms. The first-order valence-electron chi connectivity index (χ1n) is 8.01. The predicted octanol–water partition coefficient (Wildman–Crippen LogP) is 5.23. The minimum Gasteiger partial charge on any atom is -0.300 e. The molecular formula is C16H32BrN. The molecule has 1 aliphatic rings. The minimum atomic E-state index is 0.528. The molecule has 0 aromatic heterocycles. The van der Waals surface area contributed by atoms with Crippen molar-refractivity contribution >= 4 is 15.9 Å². The largest absolute Gasteiger partial charge is 0.300 e. The van der Waals surface area contributed by atoms with Gasteiger partial charge in [-0.25, -0.2) is 0 Å². The lowest BCUT2D eigenvalue weighted by molar-refractivity contribution is 0.139. The molecule has 108 valence electrons. The summed E-state index contributed by atoms with van der Waals surface area (Å²) in [5.74, 6) is 0. The summed E-state index contributed by atoms with van der Waals surface area (Å²) in [4.78, 5) is 2.80. The van der Waals surface area contributed by atoms with Gasteiger partial charge in [0, 0.05) is 17.9 Å². The summed E-state index contributed by atoms with van der Waals surface area (Å²) in [6.07, 6.45) is 11.0. The molecule has 0 saturated heterocycles. The second-order valence-electron chi connectivity index (χ2n) is 6.19. The zero-order chi connectivity index (χ0) is 13.4. The molecule has 0 aliphatic heterocycles. The van der Waals surface area contributed by atoms with E-state index in [1.54, 1.807) is 0 Å². The van der Waals surface area contributed by atoms with Crippen molar-refractivity contribution in [2.24, 2.45) is 5.41 Å². The Morgan fingerprint density at radius 2 is 1.67 bits per heavy atom. The van der Waals surface area contributed by atoms with E-state index in [0.717, 1.165) is 6.04 Å². The van der Waals surface area contributed by atoms with Gasteiger partial charge in [-0.15, -0.1) is 0 Å². The highest BCUT2D eigenvalue weighted by molar-refractivity contribution is 9.09. The molecule has 0 atom stereocenters. The fourth-order valence-electron chi connectivity index (χ4n) is 3.14. The van der Waals surface area contributed by atoms with Gasteiger partial charge in [-0.3, -0.25) is 4.90 Å². The molecule has 0 radical (unpaired) electrons. The number of nitrogens with zero attached hydrogens (tertiary/aromatic N) is 1. The van der Waals surface area contributed by atoms with Gasteiger partial charge in [0.2, 0.25) is 0 Å². The Morgan fingerprint density at radius 3 is 2.06 bits per heavy atom. The summed E-state index contributed by atoms with van der Waals surface area (Å²) in [6, 6.07) is 0.920. The smallest absolute Gasteiger partial charge is 0.0100 e. The zero-order valence-corrected chi connectivity index (χ0v) is 14.3. The first kappa shape index (κ1) is 16.5. The highest BCUT2D eigenvalue weighted by Gasteiger charge is 2.35. The summed E-state index contributed by atoms with van der Waals surface area (Å²) in [5.41, 5.74) is 0.528. The van der Waals surface area contributed by atoms with Gasteiger partial charge in [0.25, 0.3) is 0 Å². The van der Waals surface area contributed by atoms with Crippen LogP contribution in [-0.4, -0.2) is 29.4 Å². The third-order valence-electron chi connectivity index (χ3n) is 4.24. The van der Waals surface area contributed by atoms with Crippen LogP contribution in [0, 0.1) is 5.41 Å². The quantitative estimate of drug-likeness (QED) is 0.471. The van der Waals surface area contributed by atoms with Gasteiger partial charge < -0.3 is 0 Å². The van der Waals surface area contributed by atoms with Crippen molar-refractivity contribution in [1.82, 2.24) is 4.90 Å². The van der Waals surface area contributed by atoms with Crippen LogP contribution >= 0.6 is 15.9 Å². The molecular weight excluding hydrogens is 286 g/mol. The van der Waals surface area contributed by atoms with Crippen molar-refractivity contribution in [3.05, 3.63) is 0 Å². The van der Waals surface area contributed by atoms with Crippen LogP contribution < -0.4 is 0 Å². The maximum Gasteiger partial charge on any atom is 0.0100 e. The van der Waals surface area contributed by atoms with Crippen LogP contribution in [0.2, 0.25) is 0 Å². The molecule has 1 nitrogen and oxygen atoms in total. The topological polar surface area (TPSA) is 3.24 Å². The summed E-state index contributed by atoms with van der Waals surface area (Å²) in [5, 5.41) is 1.18. The molecule has 1 saturated carbocycles. The van der Waals surface area contributed by atoms with Crippen LogP contribution in [0.1, 0.15) is 72.1 Å². The molecule has 0 aromatic carbocycles. The number of rotatable bonds is 11. The van der Waals surface area contributed by atoms with E-state index in [1.807, 2.05) is 0 Å². The second kappa shape index (κ2) is 8.58. The molecule has 0 heterocycles. The molecule has 0 bridgehead atoms. The van der Waals surface area contributed by atoms with Crippen LogP contribution in [0.15, 0.2) is 0 Å². The number of unbranched alkanes of at least 4 members (excludes halogenated alkanes) is 1. The lowest BCUT2D eigenvalue weighted by atomic mass is 9.80.